The SMILES string of the molecule is Cc1ccc(S(=O)(=O)NC2COC3C(OC(=O)NC4CCCCC4)COC23)cc1. The van der Waals surface area contributed by atoms with Gasteiger partial charge < -0.3 is 19.5 Å². The molecule has 29 heavy (non-hydrogen) atoms. The summed E-state index contributed by atoms with van der Waals surface area (Å²) >= 11 is 0. The van der Waals surface area contributed by atoms with E-state index >= 15 is 0 Å². The van der Waals surface area contributed by atoms with E-state index in [0.717, 1.165) is 31.2 Å². The number of aryl methyl sites for hydroxylation is 1. The number of rotatable bonds is 5. The third-order valence-corrected chi connectivity index (χ3v) is 7.34. The van der Waals surface area contributed by atoms with Gasteiger partial charge in [0.25, 0.3) is 0 Å². The maximum atomic E-state index is 12.7. The Hall–Kier alpha value is -1.68. The average Bonchev–Trinajstić information content (AvgIpc) is 3.26. The van der Waals surface area contributed by atoms with E-state index in [2.05, 4.69) is 10.0 Å². The molecule has 0 spiro atoms. The van der Waals surface area contributed by atoms with Gasteiger partial charge in [-0.05, 0) is 31.9 Å². The van der Waals surface area contributed by atoms with E-state index in [-0.39, 0.29) is 24.2 Å². The maximum Gasteiger partial charge on any atom is 0.407 e. The van der Waals surface area contributed by atoms with Crippen molar-refractivity contribution in [1.29, 1.82) is 0 Å². The quantitative estimate of drug-likeness (QED) is 0.748. The van der Waals surface area contributed by atoms with Gasteiger partial charge in [0, 0.05) is 6.04 Å². The largest absolute Gasteiger partial charge is 0.441 e. The summed E-state index contributed by atoms with van der Waals surface area (Å²) in [5.41, 5.74) is 0.985. The summed E-state index contributed by atoms with van der Waals surface area (Å²) in [6, 6.07) is 6.28. The number of ether oxygens (including phenoxy) is 3. The van der Waals surface area contributed by atoms with Crippen LogP contribution < -0.4 is 10.0 Å². The van der Waals surface area contributed by atoms with E-state index in [4.69, 9.17) is 14.2 Å². The van der Waals surface area contributed by atoms with Gasteiger partial charge in [-0.15, -0.1) is 0 Å². The minimum atomic E-state index is -3.69. The molecule has 3 fully saturated rings. The third kappa shape index (κ3) is 4.74. The normalized spacial score (nSPS) is 30.1. The lowest BCUT2D eigenvalue weighted by Crippen LogP contribution is -2.45. The Morgan fingerprint density at radius 1 is 1.03 bits per heavy atom. The Bertz CT molecular complexity index is 822. The minimum Gasteiger partial charge on any atom is -0.441 e. The number of alkyl carbamates (subject to hydrolysis) is 1. The van der Waals surface area contributed by atoms with Crippen molar-refractivity contribution in [1.82, 2.24) is 10.0 Å². The molecule has 1 aromatic carbocycles. The highest BCUT2D eigenvalue weighted by atomic mass is 32.2. The molecule has 1 saturated carbocycles. The number of sulfonamides is 1. The first-order valence-electron chi connectivity index (χ1n) is 10.2. The molecule has 3 aliphatic rings. The first-order chi connectivity index (χ1) is 13.9. The standard InChI is InChI=1S/C20H28N2O6S/c1-13-7-9-15(10-8-13)29(24,25)22-16-11-26-19-17(12-27-18(16)19)28-20(23)21-14-5-3-2-4-6-14/h7-10,14,16-19,22H,2-6,11-12H2,1H3,(H,21,23). The number of hydrogen-bond acceptors (Lipinski definition) is 6. The summed E-state index contributed by atoms with van der Waals surface area (Å²) < 4.78 is 45.0. The van der Waals surface area contributed by atoms with Gasteiger partial charge in [0.15, 0.2) is 6.10 Å². The fraction of sp³-hybridized carbons (Fsp3) is 0.650. The Morgan fingerprint density at radius 3 is 2.45 bits per heavy atom. The molecule has 2 saturated heterocycles. The molecule has 0 radical (unpaired) electrons. The summed E-state index contributed by atoms with van der Waals surface area (Å²) in [5.74, 6) is 0. The van der Waals surface area contributed by atoms with Crippen molar-refractivity contribution in [3.8, 4) is 0 Å². The van der Waals surface area contributed by atoms with Gasteiger partial charge in [-0.2, -0.15) is 0 Å². The van der Waals surface area contributed by atoms with Gasteiger partial charge in [-0.25, -0.2) is 17.9 Å². The van der Waals surface area contributed by atoms with Crippen molar-refractivity contribution < 1.29 is 27.4 Å². The van der Waals surface area contributed by atoms with Gasteiger partial charge >= 0.3 is 6.09 Å². The zero-order chi connectivity index (χ0) is 20.4. The maximum absolute atomic E-state index is 12.7. The smallest absolute Gasteiger partial charge is 0.407 e. The van der Waals surface area contributed by atoms with Gasteiger partial charge in [0.1, 0.15) is 12.2 Å². The van der Waals surface area contributed by atoms with Crippen LogP contribution in [0.3, 0.4) is 0 Å². The highest BCUT2D eigenvalue weighted by Crippen LogP contribution is 2.30. The van der Waals surface area contributed by atoms with E-state index in [1.54, 1.807) is 24.3 Å². The van der Waals surface area contributed by atoms with Gasteiger partial charge in [-0.1, -0.05) is 37.0 Å². The second kappa shape index (κ2) is 8.59. The Kier molecular flexibility index (Phi) is 6.10. The fourth-order valence-corrected chi connectivity index (χ4v) is 5.47. The van der Waals surface area contributed by atoms with Crippen LogP contribution in [0.2, 0.25) is 0 Å². The lowest BCUT2D eigenvalue weighted by Gasteiger charge is -2.24. The van der Waals surface area contributed by atoms with E-state index in [1.165, 1.54) is 6.42 Å². The molecule has 4 rings (SSSR count). The first-order valence-corrected chi connectivity index (χ1v) is 11.7. The molecular weight excluding hydrogens is 396 g/mol. The Morgan fingerprint density at radius 2 is 1.72 bits per heavy atom. The first kappa shape index (κ1) is 20.6. The molecule has 0 aromatic heterocycles. The topological polar surface area (TPSA) is 103 Å². The van der Waals surface area contributed by atoms with Crippen molar-refractivity contribution in [3.05, 3.63) is 29.8 Å². The van der Waals surface area contributed by atoms with E-state index in [9.17, 15) is 13.2 Å². The predicted octanol–water partition coefficient (Wildman–Crippen LogP) is 1.87. The predicted molar refractivity (Wildman–Crippen MR) is 105 cm³/mol. The highest BCUT2D eigenvalue weighted by Gasteiger charge is 2.50. The Balaban J connectivity index is 1.32. The Labute approximate surface area is 171 Å². The number of carbonyl (C=O) groups is 1. The van der Waals surface area contributed by atoms with Crippen molar-refractivity contribution >= 4 is 16.1 Å². The van der Waals surface area contributed by atoms with Crippen molar-refractivity contribution in [2.24, 2.45) is 0 Å². The summed E-state index contributed by atoms with van der Waals surface area (Å²) in [6.45, 7) is 2.26. The van der Waals surface area contributed by atoms with Crippen LogP contribution in [-0.2, 0) is 24.2 Å². The zero-order valence-electron chi connectivity index (χ0n) is 16.5. The monoisotopic (exact) mass is 424 g/mol. The molecule has 1 aromatic rings. The number of amides is 1. The van der Waals surface area contributed by atoms with Crippen LogP contribution in [0.4, 0.5) is 4.79 Å². The van der Waals surface area contributed by atoms with Gasteiger partial charge in [-0.3, -0.25) is 0 Å². The summed E-state index contributed by atoms with van der Waals surface area (Å²) in [4.78, 5) is 12.4. The zero-order valence-corrected chi connectivity index (χ0v) is 17.3. The van der Waals surface area contributed by atoms with Crippen LogP contribution in [0.1, 0.15) is 37.7 Å². The number of hydrogen-bond donors (Lipinski definition) is 2. The van der Waals surface area contributed by atoms with E-state index in [1.807, 2.05) is 6.92 Å². The van der Waals surface area contributed by atoms with Crippen LogP contribution >= 0.6 is 0 Å². The highest BCUT2D eigenvalue weighted by molar-refractivity contribution is 7.89. The number of benzene rings is 1. The van der Waals surface area contributed by atoms with Crippen molar-refractivity contribution in [3.63, 3.8) is 0 Å². The van der Waals surface area contributed by atoms with Crippen LogP contribution in [0.25, 0.3) is 0 Å². The van der Waals surface area contributed by atoms with Crippen molar-refractivity contribution in [2.75, 3.05) is 13.2 Å². The fourth-order valence-electron chi connectivity index (χ4n) is 4.24. The molecule has 9 heteroatoms. The van der Waals surface area contributed by atoms with E-state index < -0.39 is 40.5 Å². The molecule has 160 valence electrons. The minimum absolute atomic E-state index is 0.160. The summed E-state index contributed by atoms with van der Waals surface area (Å²) in [6.07, 6.45) is 3.43. The van der Waals surface area contributed by atoms with Crippen LogP contribution in [0.15, 0.2) is 29.2 Å². The van der Waals surface area contributed by atoms with Crippen LogP contribution in [0.5, 0.6) is 0 Å². The molecule has 2 aliphatic heterocycles. The van der Waals surface area contributed by atoms with Gasteiger partial charge in [0.05, 0.1) is 24.2 Å². The lowest BCUT2D eigenvalue weighted by atomic mass is 9.96. The summed E-state index contributed by atoms with van der Waals surface area (Å²) in [5, 5.41) is 2.92. The molecular formula is C20H28N2O6S. The lowest BCUT2D eigenvalue weighted by molar-refractivity contribution is 0.00281. The van der Waals surface area contributed by atoms with Crippen LogP contribution in [-0.4, -0.2) is 58.1 Å². The average molecular weight is 425 g/mol. The van der Waals surface area contributed by atoms with E-state index in [0.29, 0.717) is 0 Å². The molecule has 8 nitrogen and oxygen atoms in total. The summed E-state index contributed by atoms with van der Waals surface area (Å²) in [7, 11) is -3.69. The molecule has 0 bridgehead atoms. The molecule has 2 N–H and O–H groups in total. The van der Waals surface area contributed by atoms with Crippen LogP contribution in [0, 0.1) is 6.92 Å². The second-order valence-electron chi connectivity index (χ2n) is 8.06. The number of nitrogens with one attached hydrogen (secondary N) is 2. The molecule has 4 unspecified atom stereocenters. The molecule has 2 heterocycles. The van der Waals surface area contributed by atoms with Gasteiger partial charge in [0.2, 0.25) is 10.0 Å². The molecule has 1 amide bonds. The number of fused-ring (bicyclic) bond motifs is 1. The number of carbonyl (C=O) groups excluding carboxylic acids is 1. The van der Waals surface area contributed by atoms with Crippen molar-refractivity contribution in [2.45, 2.75) is 74.3 Å². The second-order valence-corrected chi connectivity index (χ2v) is 9.77. The molecule has 1 aliphatic carbocycles. The molecule has 4 atom stereocenters. The third-order valence-electron chi connectivity index (χ3n) is 5.83.